The number of benzene rings is 2. The van der Waals surface area contributed by atoms with E-state index in [1.54, 1.807) is 0 Å². The molecular formula is C12H7Br2. The van der Waals surface area contributed by atoms with Crippen molar-refractivity contribution in [3.63, 3.8) is 0 Å². The molecule has 14 heavy (non-hydrogen) atoms. The molecule has 0 amide bonds. The van der Waals surface area contributed by atoms with Crippen LogP contribution in [0.15, 0.2) is 51.4 Å². The fraction of sp³-hybridized carbons (Fsp3) is 0. The topological polar surface area (TPSA) is 0 Å². The fourth-order valence-corrected chi connectivity index (χ4v) is 2.19. The minimum Gasteiger partial charge on any atom is -0.0610 e. The predicted octanol–water partition coefficient (Wildman–Crippen LogP) is 4.68. The third-order valence-electron chi connectivity index (χ3n) is 1.94. The largest absolute Gasteiger partial charge is 0.0610 e. The first-order chi connectivity index (χ1) is 6.77. The van der Waals surface area contributed by atoms with Crippen LogP contribution in [0.3, 0.4) is 0 Å². The fourth-order valence-electron chi connectivity index (χ4n) is 1.30. The highest BCUT2D eigenvalue weighted by Gasteiger charge is 2.01. The van der Waals surface area contributed by atoms with Crippen molar-refractivity contribution in [2.45, 2.75) is 0 Å². The maximum Gasteiger partial charge on any atom is 0.0332 e. The van der Waals surface area contributed by atoms with Gasteiger partial charge in [0.25, 0.3) is 0 Å². The number of hydrogen-bond acceptors (Lipinski definition) is 0. The van der Waals surface area contributed by atoms with E-state index in [4.69, 9.17) is 0 Å². The third kappa shape index (κ3) is 2.07. The van der Waals surface area contributed by atoms with Crippen LogP contribution in [0.1, 0.15) is 0 Å². The van der Waals surface area contributed by atoms with Gasteiger partial charge in [-0.15, -0.1) is 0 Å². The van der Waals surface area contributed by atoms with Gasteiger partial charge in [-0.2, -0.15) is 0 Å². The van der Waals surface area contributed by atoms with E-state index in [0.29, 0.717) is 0 Å². The lowest BCUT2D eigenvalue weighted by atomic mass is 10.1. The second-order valence-electron chi connectivity index (χ2n) is 2.91. The van der Waals surface area contributed by atoms with Crippen LogP contribution < -0.4 is 0 Å². The molecule has 0 N–H and O–H groups in total. The van der Waals surface area contributed by atoms with Gasteiger partial charge >= 0.3 is 0 Å². The van der Waals surface area contributed by atoms with E-state index in [0.717, 1.165) is 14.5 Å². The molecule has 0 heterocycles. The average molecular weight is 311 g/mol. The normalized spacial score (nSPS) is 10.1. The van der Waals surface area contributed by atoms with Gasteiger partial charge in [-0.05, 0) is 45.3 Å². The molecule has 0 fully saturated rings. The average Bonchev–Trinajstić information content (AvgIpc) is 2.18. The lowest BCUT2D eigenvalue weighted by Crippen LogP contribution is -1.79. The summed E-state index contributed by atoms with van der Waals surface area (Å²) in [5, 5.41) is 0. The lowest BCUT2D eigenvalue weighted by molar-refractivity contribution is 1.56. The third-order valence-corrected chi connectivity index (χ3v) is 3.09. The van der Waals surface area contributed by atoms with Crippen molar-refractivity contribution in [2.75, 3.05) is 0 Å². The van der Waals surface area contributed by atoms with Crippen molar-refractivity contribution in [2.24, 2.45) is 0 Å². The zero-order valence-electron chi connectivity index (χ0n) is 7.30. The first-order valence-electron chi connectivity index (χ1n) is 4.19. The molecule has 2 aromatic carbocycles. The zero-order valence-corrected chi connectivity index (χ0v) is 10.5. The van der Waals surface area contributed by atoms with Gasteiger partial charge in [-0.25, -0.2) is 0 Å². The highest BCUT2D eigenvalue weighted by molar-refractivity contribution is 9.10. The van der Waals surface area contributed by atoms with E-state index in [1.165, 1.54) is 5.56 Å². The second kappa shape index (κ2) is 4.28. The van der Waals surface area contributed by atoms with Crippen molar-refractivity contribution in [3.05, 3.63) is 57.5 Å². The maximum atomic E-state index is 3.49. The van der Waals surface area contributed by atoms with E-state index in [2.05, 4.69) is 56.1 Å². The van der Waals surface area contributed by atoms with Gasteiger partial charge in [0.1, 0.15) is 0 Å². The van der Waals surface area contributed by atoms with Gasteiger partial charge in [0.15, 0.2) is 0 Å². The summed E-state index contributed by atoms with van der Waals surface area (Å²) in [6.07, 6.45) is 0. The minimum atomic E-state index is 0.998. The van der Waals surface area contributed by atoms with E-state index in [9.17, 15) is 0 Å². The molecule has 0 bridgehead atoms. The van der Waals surface area contributed by atoms with Crippen LogP contribution in [0.2, 0.25) is 0 Å². The van der Waals surface area contributed by atoms with Crippen LogP contribution >= 0.6 is 31.9 Å². The molecule has 2 aromatic rings. The Morgan fingerprint density at radius 3 is 2.57 bits per heavy atom. The van der Waals surface area contributed by atoms with Crippen molar-refractivity contribution in [3.8, 4) is 11.1 Å². The van der Waals surface area contributed by atoms with Gasteiger partial charge < -0.3 is 0 Å². The van der Waals surface area contributed by atoms with Crippen LogP contribution in [0.5, 0.6) is 0 Å². The molecule has 1 radical (unpaired) electrons. The summed E-state index contributed by atoms with van der Waals surface area (Å²) in [5.41, 5.74) is 2.34. The summed E-state index contributed by atoms with van der Waals surface area (Å²) in [6.45, 7) is 0. The Balaban J connectivity index is 2.55. The van der Waals surface area contributed by atoms with Crippen molar-refractivity contribution in [1.82, 2.24) is 0 Å². The quantitative estimate of drug-likeness (QED) is 0.717. The standard InChI is InChI=1S/C12H7Br2/c13-10-5-3-4-9(8-10)11-6-1-2-7-12(11)14/h1-6,8H. The minimum absolute atomic E-state index is 0.998. The molecule has 0 aliphatic rings. The molecule has 0 spiro atoms. The highest BCUT2D eigenvalue weighted by Crippen LogP contribution is 2.28. The molecule has 0 aliphatic carbocycles. The molecule has 69 valence electrons. The molecule has 0 atom stereocenters. The Kier molecular flexibility index (Phi) is 3.04. The van der Waals surface area contributed by atoms with E-state index < -0.39 is 0 Å². The summed E-state index contributed by atoms with van der Waals surface area (Å²) in [4.78, 5) is 0. The molecule has 0 aliphatic heterocycles. The molecule has 0 saturated heterocycles. The van der Waals surface area contributed by atoms with Crippen LogP contribution in [0.25, 0.3) is 11.1 Å². The van der Waals surface area contributed by atoms with Gasteiger partial charge in [0, 0.05) is 8.95 Å². The number of rotatable bonds is 1. The molecule has 2 rings (SSSR count). The highest BCUT2D eigenvalue weighted by atomic mass is 79.9. The molecule has 2 heteroatoms. The Bertz CT molecular complexity index is 450. The van der Waals surface area contributed by atoms with Crippen LogP contribution in [0, 0.1) is 6.07 Å². The lowest BCUT2D eigenvalue weighted by Gasteiger charge is -2.03. The first kappa shape index (κ1) is 9.94. The van der Waals surface area contributed by atoms with Crippen LogP contribution in [0.4, 0.5) is 0 Å². The number of hydrogen-bond donors (Lipinski definition) is 0. The summed E-state index contributed by atoms with van der Waals surface area (Å²) < 4.78 is 2.09. The van der Waals surface area contributed by atoms with Gasteiger partial charge in [0.05, 0.1) is 0 Å². The number of halogens is 2. The summed E-state index contributed by atoms with van der Waals surface area (Å²) in [7, 11) is 0. The van der Waals surface area contributed by atoms with Gasteiger partial charge in [-0.3, -0.25) is 0 Å². The monoisotopic (exact) mass is 309 g/mol. The summed E-state index contributed by atoms with van der Waals surface area (Å²) in [5.74, 6) is 0. The van der Waals surface area contributed by atoms with Crippen molar-refractivity contribution in [1.29, 1.82) is 0 Å². The zero-order chi connectivity index (χ0) is 9.97. The van der Waals surface area contributed by atoms with Crippen LogP contribution in [-0.4, -0.2) is 0 Å². The smallest absolute Gasteiger partial charge is 0.0332 e. The SMILES string of the molecule is Brc1cccc(-c2ccc[c]c2Br)c1. The Morgan fingerprint density at radius 2 is 1.86 bits per heavy atom. The van der Waals surface area contributed by atoms with Gasteiger partial charge in [-0.1, -0.05) is 46.3 Å². The van der Waals surface area contributed by atoms with Gasteiger partial charge in [0.2, 0.25) is 0 Å². The Labute approximate surface area is 100 Å². The van der Waals surface area contributed by atoms with Crippen molar-refractivity contribution >= 4 is 31.9 Å². The Morgan fingerprint density at radius 1 is 1.00 bits per heavy atom. The molecular weight excluding hydrogens is 304 g/mol. The molecule has 0 saturated carbocycles. The molecule has 0 unspecified atom stereocenters. The van der Waals surface area contributed by atoms with Crippen molar-refractivity contribution < 1.29 is 0 Å². The summed E-state index contributed by atoms with van der Waals surface area (Å²) >= 11 is 6.95. The molecule has 0 aromatic heterocycles. The predicted molar refractivity (Wildman–Crippen MR) is 66.1 cm³/mol. The van der Waals surface area contributed by atoms with E-state index in [-0.39, 0.29) is 0 Å². The summed E-state index contributed by atoms with van der Waals surface area (Å²) in [6, 6.07) is 17.3. The Hall–Kier alpha value is -0.600. The second-order valence-corrected chi connectivity index (χ2v) is 4.62. The first-order valence-corrected chi connectivity index (χ1v) is 5.78. The molecule has 0 nitrogen and oxygen atoms in total. The van der Waals surface area contributed by atoms with E-state index in [1.807, 2.05) is 24.3 Å². The van der Waals surface area contributed by atoms with Crippen LogP contribution in [-0.2, 0) is 0 Å². The maximum absolute atomic E-state index is 3.49. The van der Waals surface area contributed by atoms with E-state index >= 15 is 0 Å².